The zero-order valence-electron chi connectivity index (χ0n) is 15.6. The molecule has 1 aliphatic rings. The van der Waals surface area contributed by atoms with Crippen molar-refractivity contribution in [1.29, 1.82) is 0 Å². The predicted octanol–water partition coefficient (Wildman–Crippen LogP) is 4.09. The lowest BCUT2D eigenvalue weighted by Gasteiger charge is -2.37. The molecule has 1 saturated heterocycles. The van der Waals surface area contributed by atoms with Gasteiger partial charge in [-0.05, 0) is 42.0 Å². The van der Waals surface area contributed by atoms with Gasteiger partial charge in [-0.15, -0.1) is 0 Å². The van der Waals surface area contributed by atoms with Crippen molar-refractivity contribution in [2.75, 3.05) is 31.1 Å². The molecule has 5 heteroatoms. The molecule has 3 aromatic rings. The Labute approximate surface area is 164 Å². The number of amides is 1. The molecule has 2 aromatic carbocycles. The van der Waals surface area contributed by atoms with Crippen LogP contribution in [-0.2, 0) is 11.2 Å². The molecule has 1 atom stereocenters. The van der Waals surface area contributed by atoms with Crippen molar-refractivity contribution in [3.05, 3.63) is 90.1 Å². The number of para-hydroxylation sites is 1. The van der Waals surface area contributed by atoms with Gasteiger partial charge < -0.3 is 14.2 Å². The first kappa shape index (κ1) is 18.3. The molecule has 28 heavy (non-hydrogen) atoms. The number of carbonyl (C=O) groups excluding carboxylic acids is 1. The van der Waals surface area contributed by atoms with Gasteiger partial charge in [0, 0.05) is 38.3 Å². The highest BCUT2D eigenvalue weighted by Gasteiger charge is 2.29. The van der Waals surface area contributed by atoms with Gasteiger partial charge in [-0.25, -0.2) is 4.39 Å². The van der Waals surface area contributed by atoms with E-state index in [9.17, 15) is 9.18 Å². The summed E-state index contributed by atoms with van der Waals surface area (Å²) in [7, 11) is 0. The van der Waals surface area contributed by atoms with Crippen LogP contribution < -0.4 is 4.90 Å². The number of hydrogen-bond acceptors (Lipinski definition) is 3. The SMILES string of the molecule is O=C(C(Cc1ccco1)c1ccc(F)cc1)N1CCN(c2ccccc2)CC1. The van der Waals surface area contributed by atoms with Crippen LogP contribution in [0.15, 0.2) is 77.4 Å². The Morgan fingerprint density at radius 3 is 2.29 bits per heavy atom. The van der Waals surface area contributed by atoms with Crippen molar-refractivity contribution in [2.45, 2.75) is 12.3 Å². The maximum absolute atomic E-state index is 13.4. The number of hydrogen-bond donors (Lipinski definition) is 0. The van der Waals surface area contributed by atoms with Crippen LogP contribution in [0.25, 0.3) is 0 Å². The number of nitrogens with zero attached hydrogens (tertiary/aromatic N) is 2. The van der Waals surface area contributed by atoms with Crippen LogP contribution in [0.1, 0.15) is 17.2 Å². The Hall–Kier alpha value is -3.08. The standard InChI is InChI=1S/C23H23FN2O2/c24-19-10-8-18(9-11-19)22(17-21-7-4-16-28-21)23(27)26-14-12-25(13-15-26)20-5-2-1-3-6-20/h1-11,16,22H,12-15,17H2. The maximum Gasteiger partial charge on any atom is 0.230 e. The summed E-state index contributed by atoms with van der Waals surface area (Å²) >= 11 is 0. The summed E-state index contributed by atoms with van der Waals surface area (Å²) in [5.41, 5.74) is 1.99. The molecule has 0 saturated carbocycles. The lowest BCUT2D eigenvalue weighted by atomic mass is 9.92. The zero-order valence-corrected chi connectivity index (χ0v) is 15.6. The summed E-state index contributed by atoms with van der Waals surface area (Å²) in [6.45, 7) is 2.94. The van der Waals surface area contributed by atoms with E-state index in [4.69, 9.17) is 4.42 Å². The van der Waals surface area contributed by atoms with Crippen LogP contribution in [0.2, 0.25) is 0 Å². The van der Waals surface area contributed by atoms with E-state index >= 15 is 0 Å². The van der Waals surface area contributed by atoms with Crippen LogP contribution in [0.4, 0.5) is 10.1 Å². The second-order valence-electron chi connectivity index (χ2n) is 7.04. The lowest BCUT2D eigenvalue weighted by molar-refractivity contribution is -0.133. The maximum atomic E-state index is 13.4. The summed E-state index contributed by atoms with van der Waals surface area (Å²) in [6, 6.07) is 20.1. The number of halogens is 1. The average Bonchev–Trinajstić information content (AvgIpc) is 3.26. The van der Waals surface area contributed by atoms with E-state index in [0.29, 0.717) is 19.5 Å². The topological polar surface area (TPSA) is 36.7 Å². The van der Waals surface area contributed by atoms with Gasteiger partial charge in [0.15, 0.2) is 0 Å². The number of piperazine rings is 1. The molecule has 1 unspecified atom stereocenters. The molecule has 4 rings (SSSR count). The largest absolute Gasteiger partial charge is 0.469 e. The Kier molecular flexibility index (Phi) is 5.42. The molecule has 1 aliphatic heterocycles. The molecule has 0 bridgehead atoms. The summed E-state index contributed by atoms with van der Waals surface area (Å²) in [6.07, 6.45) is 2.08. The van der Waals surface area contributed by atoms with Crippen molar-refractivity contribution >= 4 is 11.6 Å². The molecule has 0 N–H and O–H groups in total. The fourth-order valence-corrected chi connectivity index (χ4v) is 3.72. The fraction of sp³-hybridized carbons (Fsp3) is 0.261. The van der Waals surface area contributed by atoms with Gasteiger partial charge in [-0.3, -0.25) is 4.79 Å². The van der Waals surface area contributed by atoms with Crippen molar-refractivity contribution in [2.24, 2.45) is 0 Å². The molecule has 2 heterocycles. The van der Waals surface area contributed by atoms with Crippen LogP contribution in [0, 0.1) is 5.82 Å². The third-order valence-electron chi connectivity index (χ3n) is 5.27. The Morgan fingerprint density at radius 1 is 0.929 bits per heavy atom. The Morgan fingerprint density at radius 2 is 1.64 bits per heavy atom. The Balaban J connectivity index is 1.48. The minimum absolute atomic E-state index is 0.0655. The van der Waals surface area contributed by atoms with Gasteiger partial charge in [0.05, 0.1) is 12.2 Å². The number of carbonyl (C=O) groups is 1. The van der Waals surface area contributed by atoms with E-state index in [1.54, 1.807) is 18.4 Å². The highest BCUT2D eigenvalue weighted by Crippen LogP contribution is 2.25. The minimum Gasteiger partial charge on any atom is -0.469 e. The average molecular weight is 378 g/mol. The third kappa shape index (κ3) is 4.09. The highest BCUT2D eigenvalue weighted by atomic mass is 19.1. The highest BCUT2D eigenvalue weighted by molar-refractivity contribution is 5.84. The molecule has 144 valence electrons. The summed E-state index contributed by atoms with van der Waals surface area (Å²) in [5, 5.41) is 0. The number of rotatable bonds is 5. The van der Waals surface area contributed by atoms with Crippen LogP contribution in [-0.4, -0.2) is 37.0 Å². The molecular weight excluding hydrogens is 355 g/mol. The second-order valence-corrected chi connectivity index (χ2v) is 7.04. The molecule has 1 aromatic heterocycles. The van der Waals surface area contributed by atoms with Crippen LogP contribution in [0.5, 0.6) is 0 Å². The van der Waals surface area contributed by atoms with Crippen molar-refractivity contribution in [3.8, 4) is 0 Å². The van der Waals surface area contributed by atoms with Gasteiger partial charge in [0.2, 0.25) is 5.91 Å². The van der Waals surface area contributed by atoms with E-state index in [1.807, 2.05) is 35.2 Å². The third-order valence-corrected chi connectivity index (χ3v) is 5.27. The Bertz CT molecular complexity index is 886. The van der Waals surface area contributed by atoms with Gasteiger partial charge in [0.1, 0.15) is 11.6 Å². The van der Waals surface area contributed by atoms with E-state index in [2.05, 4.69) is 17.0 Å². The first-order chi connectivity index (χ1) is 13.7. The van der Waals surface area contributed by atoms with Crippen LogP contribution in [0.3, 0.4) is 0 Å². The van der Waals surface area contributed by atoms with Crippen molar-refractivity contribution in [3.63, 3.8) is 0 Å². The quantitative estimate of drug-likeness (QED) is 0.671. The monoisotopic (exact) mass is 378 g/mol. The molecule has 0 spiro atoms. The predicted molar refractivity (Wildman–Crippen MR) is 107 cm³/mol. The second kappa shape index (κ2) is 8.30. The van der Waals surface area contributed by atoms with E-state index in [0.717, 1.165) is 24.4 Å². The van der Waals surface area contributed by atoms with Gasteiger partial charge in [0.25, 0.3) is 0 Å². The number of furan rings is 1. The first-order valence-corrected chi connectivity index (χ1v) is 9.57. The minimum atomic E-state index is -0.380. The molecule has 4 nitrogen and oxygen atoms in total. The van der Waals surface area contributed by atoms with E-state index in [1.165, 1.54) is 17.8 Å². The number of anilines is 1. The lowest BCUT2D eigenvalue weighted by Crippen LogP contribution is -2.50. The summed E-state index contributed by atoms with van der Waals surface area (Å²) < 4.78 is 18.8. The summed E-state index contributed by atoms with van der Waals surface area (Å²) in [4.78, 5) is 17.5. The normalized spacial score (nSPS) is 15.5. The first-order valence-electron chi connectivity index (χ1n) is 9.57. The van der Waals surface area contributed by atoms with Crippen molar-refractivity contribution < 1.29 is 13.6 Å². The molecule has 0 aliphatic carbocycles. The van der Waals surface area contributed by atoms with Gasteiger partial charge in [-0.2, -0.15) is 0 Å². The summed E-state index contributed by atoms with van der Waals surface area (Å²) in [5.74, 6) is 0.140. The van der Waals surface area contributed by atoms with Crippen molar-refractivity contribution in [1.82, 2.24) is 4.90 Å². The van der Waals surface area contributed by atoms with Gasteiger partial charge >= 0.3 is 0 Å². The molecule has 1 amide bonds. The molecule has 0 radical (unpaired) electrons. The smallest absolute Gasteiger partial charge is 0.230 e. The van der Waals surface area contributed by atoms with Crippen LogP contribution >= 0.6 is 0 Å². The number of benzene rings is 2. The molecular formula is C23H23FN2O2. The van der Waals surface area contributed by atoms with E-state index < -0.39 is 0 Å². The van der Waals surface area contributed by atoms with Gasteiger partial charge in [-0.1, -0.05) is 30.3 Å². The van der Waals surface area contributed by atoms with E-state index in [-0.39, 0.29) is 17.6 Å². The molecule has 1 fully saturated rings. The zero-order chi connectivity index (χ0) is 19.3. The fourth-order valence-electron chi connectivity index (χ4n) is 3.72.